The minimum Gasteiger partial charge on any atom is -0.389 e. The normalized spacial score (nSPS) is 13.0. The fourth-order valence-corrected chi connectivity index (χ4v) is 1.89. The molecule has 4 heteroatoms. The van der Waals surface area contributed by atoms with Gasteiger partial charge in [0, 0.05) is 24.7 Å². The Morgan fingerprint density at radius 2 is 2.24 bits per heavy atom. The molecular formula is C13H20ClNO2. The smallest absolute Gasteiger partial charge is 0.0900 e. The van der Waals surface area contributed by atoms with Crippen molar-refractivity contribution >= 4 is 11.6 Å². The van der Waals surface area contributed by atoms with E-state index in [2.05, 4.69) is 4.90 Å². The Morgan fingerprint density at radius 3 is 2.88 bits per heavy atom. The van der Waals surface area contributed by atoms with Gasteiger partial charge in [0.1, 0.15) is 0 Å². The van der Waals surface area contributed by atoms with Crippen molar-refractivity contribution in [1.29, 1.82) is 0 Å². The van der Waals surface area contributed by atoms with Crippen LogP contribution in [0.3, 0.4) is 0 Å². The molecule has 0 amide bonds. The van der Waals surface area contributed by atoms with Crippen molar-refractivity contribution in [2.24, 2.45) is 0 Å². The molecule has 0 radical (unpaired) electrons. The predicted molar refractivity (Wildman–Crippen MR) is 70.3 cm³/mol. The van der Waals surface area contributed by atoms with E-state index in [1.165, 1.54) is 0 Å². The molecule has 0 aliphatic heterocycles. The van der Waals surface area contributed by atoms with Crippen LogP contribution in [0.4, 0.5) is 0 Å². The van der Waals surface area contributed by atoms with Crippen molar-refractivity contribution in [3.8, 4) is 0 Å². The van der Waals surface area contributed by atoms with Gasteiger partial charge in [0.2, 0.25) is 0 Å². The Balaban J connectivity index is 2.36. The number of hydrogen-bond acceptors (Lipinski definition) is 3. The lowest BCUT2D eigenvalue weighted by Gasteiger charge is -2.20. The highest BCUT2D eigenvalue weighted by atomic mass is 35.5. The largest absolute Gasteiger partial charge is 0.389 e. The van der Waals surface area contributed by atoms with Crippen LogP contribution < -0.4 is 0 Å². The van der Waals surface area contributed by atoms with Crippen LogP contribution in [0, 0.1) is 0 Å². The van der Waals surface area contributed by atoms with Crippen LogP contribution in [0.15, 0.2) is 24.3 Å². The Hall–Kier alpha value is -0.610. The maximum absolute atomic E-state index is 9.69. The van der Waals surface area contributed by atoms with E-state index in [0.717, 1.165) is 17.1 Å². The lowest BCUT2D eigenvalue weighted by atomic mass is 10.2. The van der Waals surface area contributed by atoms with Crippen LogP contribution in [-0.2, 0) is 11.3 Å². The summed E-state index contributed by atoms with van der Waals surface area (Å²) in [7, 11) is 1.97. The topological polar surface area (TPSA) is 32.7 Å². The zero-order valence-corrected chi connectivity index (χ0v) is 11.2. The highest BCUT2D eigenvalue weighted by molar-refractivity contribution is 6.30. The lowest BCUT2D eigenvalue weighted by Crippen LogP contribution is -2.31. The van der Waals surface area contributed by atoms with Gasteiger partial charge in [-0.1, -0.05) is 23.7 Å². The van der Waals surface area contributed by atoms with Gasteiger partial charge in [-0.2, -0.15) is 0 Å². The number of likely N-dealkylation sites (N-methyl/N-ethyl adjacent to an activating group) is 1. The van der Waals surface area contributed by atoms with E-state index in [1.807, 2.05) is 38.2 Å². The first-order valence-corrected chi connectivity index (χ1v) is 6.18. The minimum atomic E-state index is -0.445. The monoisotopic (exact) mass is 257 g/mol. The Kier molecular flexibility index (Phi) is 6.52. The molecule has 0 fully saturated rings. The van der Waals surface area contributed by atoms with Crippen LogP contribution in [-0.4, -0.2) is 42.9 Å². The molecule has 1 unspecified atom stereocenters. The summed E-state index contributed by atoms with van der Waals surface area (Å²) in [5.74, 6) is 0. The molecule has 0 saturated carbocycles. The molecule has 17 heavy (non-hydrogen) atoms. The molecule has 96 valence electrons. The van der Waals surface area contributed by atoms with E-state index < -0.39 is 6.10 Å². The van der Waals surface area contributed by atoms with Crippen molar-refractivity contribution in [3.05, 3.63) is 34.9 Å². The third-order valence-electron chi connectivity index (χ3n) is 2.38. The van der Waals surface area contributed by atoms with Crippen molar-refractivity contribution in [1.82, 2.24) is 4.90 Å². The van der Waals surface area contributed by atoms with E-state index in [1.54, 1.807) is 0 Å². The highest BCUT2D eigenvalue weighted by Crippen LogP contribution is 2.12. The molecule has 1 N–H and O–H groups in total. The van der Waals surface area contributed by atoms with Gasteiger partial charge in [-0.3, -0.25) is 4.90 Å². The second-order valence-electron chi connectivity index (χ2n) is 4.14. The molecule has 1 atom stereocenters. The number of hydrogen-bond donors (Lipinski definition) is 1. The first-order valence-electron chi connectivity index (χ1n) is 5.80. The van der Waals surface area contributed by atoms with Crippen molar-refractivity contribution in [2.45, 2.75) is 19.6 Å². The zero-order valence-electron chi connectivity index (χ0n) is 10.4. The zero-order chi connectivity index (χ0) is 12.7. The SMILES string of the molecule is CCOCC(O)CN(C)Cc1cccc(Cl)c1. The summed E-state index contributed by atoms with van der Waals surface area (Å²) >= 11 is 5.91. The van der Waals surface area contributed by atoms with Gasteiger partial charge in [-0.05, 0) is 31.7 Å². The lowest BCUT2D eigenvalue weighted by molar-refractivity contribution is 0.0244. The average molecular weight is 258 g/mol. The van der Waals surface area contributed by atoms with E-state index >= 15 is 0 Å². The van der Waals surface area contributed by atoms with E-state index in [4.69, 9.17) is 16.3 Å². The van der Waals surface area contributed by atoms with Gasteiger partial charge >= 0.3 is 0 Å². The van der Waals surface area contributed by atoms with Gasteiger partial charge in [0.25, 0.3) is 0 Å². The number of aliphatic hydroxyl groups excluding tert-OH is 1. The number of rotatable bonds is 7. The number of aliphatic hydroxyl groups is 1. The summed E-state index contributed by atoms with van der Waals surface area (Å²) in [5, 5.41) is 10.4. The molecule has 0 aliphatic carbocycles. The third kappa shape index (κ3) is 6.03. The predicted octanol–water partition coefficient (Wildman–Crippen LogP) is 2.17. The maximum atomic E-state index is 9.69. The first kappa shape index (κ1) is 14.5. The fraction of sp³-hybridized carbons (Fsp3) is 0.538. The van der Waals surface area contributed by atoms with Gasteiger partial charge in [0.15, 0.2) is 0 Å². The van der Waals surface area contributed by atoms with Gasteiger partial charge in [0.05, 0.1) is 12.7 Å². The van der Waals surface area contributed by atoms with Gasteiger partial charge in [-0.15, -0.1) is 0 Å². The molecule has 0 aromatic heterocycles. The summed E-state index contributed by atoms with van der Waals surface area (Å²) in [5.41, 5.74) is 1.14. The minimum absolute atomic E-state index is 0.385. The number of halogens is 1. The number of ether oxygens (including phenoxy) is 1. The molecule has 0 heterocycles. The maximum Gasteiger partial charge on any atom is 0.0900 e. The summed E-state index contributed by atoms with van der Waals surface area (Å²) in [6.45, 7) is 4.30. The van der Waals surface area contributed by atoms with E-state index in [9.17, 15) is 5.11 Å². The quantitative estimate of drug-likeness (QED) is 0.813. The molecule has 0 saturated heterocycles. The van der Waals surface area contributed by atoms with Crippen molar-refractivity contribution in [3.63, 3.8) is 0 Å². The van der Waals surface area contributed by atoms with Gasteiger partial charge < -0.3 is 9.84 Å². The Labute approximate surface area is 108 Å². The van der Waals surface area contributed by atoms with Crippen molar-refractivity contribution in [2.75, 3.05) is 26.8 Å². The number of nitrogens with zero attached hydrogens (tertiary/aromatic N) is 1. The molecule has 1 aromatic rings. The fourth-order valence-electron chi connectivity index (χ4n) is 1.68. The van der Waals surface area contributed by atoms with Gasteiger partial charge in [-0.25, -0.2) is 0 Å². The standard InChI is InChI=1S/C13H20ClNO2/c1-3-17-10-13(16)9-15(2)8-11-5-4-6-12(14)7-11/h4-7,13,16H,3,8-10H2,1-2H3. The third-order valence-corrected chi connectivity index (χ3v) is 2.61. The van der Waals surface area contributed by atoms with Crippen LogP contribution in [0.25, 0.3) is 0 Å². The summed E-state index contributed by atoms with van der Waals surface area (Å²) in [4.78, 5) is 2.05. The second-order valence-corrected chi connectivity index (χ2v) is 4.58. The van der Waals surface area contributed by atoms with E-state index in [0.29, 0.717) is 19.8 Å². The summed E-state index contributed by atoms with van der Waals surface area (Å²) in [6, 6.07) is 7.75. The Bertz CT molecular complexity index is 333. The highest BCUT2D eigenvalue weighted by Gasteiger charge is 2.08. The average Bonchev–Trinajstić information content (AvgIpc) is 2.26. The molecule has 0 aliphatic rings. The second kappa shape index (κ2) is 7.67. The van der Waals surface area contributed by atoms with Crippen molar-refractivity contribution < 1.29 is 9.84 Å². The molecular weight excluding hydrogens is 238 g/mol. The molecule has 0 spiro atoms. The molecule has 1 aromatic carbocycles. The number of benzene rings is 1. The molecule has 1 rings (SSSR count). The summed E-state index contributed by atoms with van der Waals surface area (Å²) < 4.78 is 5.17. The van der Waals surface area contributed by atoms with Crippen LogP contribution >= 0.6 is 11.6 Å². The molecule has 3 nitrogen and oxygen atoms in total. The van der Waals surface area contributed by atoms with E-state index in [-0.39, 0.29) is 0 Å². The Morgan fingerprint density at radius 1 is 1.47 bits per heavy atom. The van der Waals surface area contributed by atoms with Crippen LogP contribution in [0.2, 0.25) is 5.02 Å². The van der Waals surface area contributed by atoms with Crippen LogP contribution in [0.1, 0.15) is 12.5 Å². The molecule has 0 bridgehead atoms. The first-order chi connectivity index (χ1) is 8.11. The van der Waals surface area contributed by atoms with Crippen LogP contribution in [0.5, 0.6) is 0 Å². The summed E-state index contributed by atoms with van der Waals surface area (Å²) in [6.07, 6.45) is -0.445.